The van der Waals surface area contributed by atoms with Crippen LogP contribution in [0.3, 0.4) is 0 Å². The highest BCUT2D eigenvalue weighted by Gasteiger charge is 2.42. The molecule has 38 heavy (non-hydrogen) atoms. The number of amides is 1. The Labute approximate surface area is 230 Å². The maximum atomic E-state index is 13.5. The van der Waals surface area contributed by atoms with Crippen molar-refractivity contribution in [2.75, 3.05) is 6.54 Å². The first kappa shape index (κ1) is 29.2. The summed E-state index contributed by atoms with van der Waals surface area (Å²) in [6.45, 7) is 7.86. The molecule has 0 aromatic heterocycles. The Morgan fingerprint density at radius 3 is 2.11 bits per heavy atom. The molecule has 0 spiro atoms. The second-order valence-electron chi connectivity index (χ2n) is 10.3. The fraction of sp³-hybridized carbons (Fsp3) is 0.355. The van der Waals surface area contributed by atoms with Crippen LogP contribution in [-0.2, 0) is 19.9 Å². The van der Waals surface area contributed by atoms with Crippen LogP contribution in [0.1, 0.15) is 62.3 Å². The van der Waals surface area contributed by atoms with Crippen LogP contribution < -0.4 is 11.1 Å². The number of alkyl carbamates (subject to hydrolysis) is 1. The summed E-state index contributed by atoms with van der Waals surface area (Å²) in [6.07, 6.45) is 1.20. The number of hydrogen-bond acceptors (Lipinski definition) is 5. The Hall–Kier alpha value is -3.35. The van der Waals surface area contributed by atoms with Gasteiger partial charge in [-0.05, 0) is 53.0 Å². The Morgan fingerprint density at radius 2 is 1.47 bits per heavy atom. The third-order valence-electron chi connectivity index (χ3n) is 6.06. The first-order valence-corrected chi connectivity index (χ1v) is 13.2. The van der Waals surface area contributed by atoms with Crippen molar-refractivity contribution in [3.8, 4) is 0 Å². The fourth-order valence-corrected chi connectivity index (χ4v) is 4.47. The average Bonchev–Trinajstić information content (AvgIpc) is 2.87. The number of rotatable bonds is 10. The Balaban J connectivity index is 1.82. The lowest BCUT2D eigenvalue weighted by molar-refractivity contribution is -0.155. The monoisotopic (exact) mass is 536 g/mol. The first-order valence-electron chi connectivity index (χ1n) is 12.9. The number of carbonyl (C=O) groups is 2. The molecule has 0 saturated carbocycles. The number of unbranched alkanes of at least 4 members (excludes halogenated alkanes) is 1. The molecule has 0 saturated heterocycles. The van der Waals surface area contributed by atoms with E-state index in [-0.39, 0.29) is 0 Å². The van der Waals surface area contributed by atoms with E-state index in [1.54, 1.807) is 6.07 Å². The summed E-state index contributed by atoms with van der Waals surface area (Å²) in [4.78, 5) is 25.3. The molecule has 0 fully saturated rings. The quantitative estimate of drug-likeness (QED) is 0.175. The number of aryl methyl sites for hydroxylation is 1. The zero-order valence-corrected chi connectivity index (χ0v) is 23.3. The predicted molar refractivity (Wildman–Crippen MR) is 151 cm³/mol. The van der Waals surface area contributed by atoms with Gasteiger partial charge in [0.25, 0.3) is 0 Å². The van der Waals surface area contributed by atoms with Crippen LogP contribution in [0.4, 0.5) is 4.79 Å². The van der Waals surface area contributed by atoms with Gasteiger partial charge in [-0.2, -0.15) is 0 Å². The smallest absolute Gasteiger partial charge is 0.407 e. The van der Waals surface area contributed by atoms with Crippen LogP contribution in [0, 0.1) is 6.92 Å². The SMILES string of the molecule is Cc1ccc(C(OC(=O)[C@@H](N)CCCCNC(=O)OC(C)(C)C)(c2ccccc2)c2ccccc2Cl)cc1. The molecular formula is C31H37ClN2O4. The van der Waals surface area contributed by atoms with E-state index in [2.05, 4.69) is 5.32 Å². The minimum absolute atomic E-state index is 0.399. The minimum Gasteiger partial charge on any atom is -0.444 e. The Morgan fingerprint density at radius 1 is 0.868 bits per heavy atom. The third kappa shape index (κ3) is 7.59. The van der Waals surface area contributed by atoms with Crippen LogP contribution in [-0.4, -0.2) is 30.3 Å². The van der Waals surface area contributed by atoms with Crippen molar-refractivity contribution in [3.05, 3.63) is 106 Å². The summed E-state index contributed by atoms with van der Waals surface area (Å²) in [5.74, 6) is -0.533. The van der Waals surface area contributed by atoms with Gasteiger partial charge in [0.05, 0.1) is 0 Å². The van der Waals surface area contributed by atoms with Gasteiger partial charge in [-0.25, -0.2) is 4.79 Å². The molecule has 3 N–H and O–H groups in total. The largest absolute Gasteiger partial charge is 0.444 e. The molecule has 1 unspecified atom stereocenters. The summed E-state index contributed by atoms with van der Waals surface area (Å²) >= 11 is 6.72. The van der Waals surface area contributed by atoms with Gasteiger partial charge < -0.3 is 20.5 Å². The lowest BCUT2D eigenvalue weighted by Crippen LogP contribution is -2.42. The molecule has 202 valence electrons. The zero-order valence-electron chi connectivity index (χ0n) is 22.5. The molecule has 0 aliphatic heterocycles. The molecule has 0 aliphatic rings. The van der Waals surface area contributed by atoms with E-state index in [1.807, 2.05) is 100 Å². The standard InChI is InChI=1S/C31H37ClN2O4/c1-22-17-19-24(20-18-22)31(23-12-6-5-7-13-23,25-14-8-9-15-26(25)32)37-28(35)27(33)16-10-11-21-34-29(36)38-30(2,3)4/h5-9,12-15,17-20,27H,10-11,16,21,33H2,1-4H3,(H,34,36)/t27-,31?/m0/s1. The van der Waals surface area contributed by atoms with E-state index in [0.717, 1.165) is 16.7 Å². The first-order chi connectivity index (χ1) is 18.0. The summed E-state index contributed by atoms with van der Waals surface area (Å²) in [7, 11) is 0. The van der Waals surface area contributed by atoms with E-state index in [1.165, 1.54) is 0 Å². The maximum Gasteiger partial charge on any atom is 0.407 e. The predicted octanol–water partition coefficient (Wildman–Crippen LogP) is 6.51. The number of hydrogen-bond donors (Lipinski definition) is 2. The zero-order chi connectivity index (χ0) is 27.8. The van der Waals surface area contributed by atoms with E-state index in [4.69, 9.17) is 26.8 Å². The van der Waals surface area contributed by atoms with E-state index in [9.17, 15) is 9.59 Å². The molecule has 7 heteroatoms. The Kier molecular flexibility index (Phi) is 9.95. The number of halogens is 1. The highest BCUT2D eigenvalue weighted by molar-refractivity contribution is 6.31. The third-order valence-corrected chi connectivity index (χ3v) is 6.39. The normalized spacial score (nSPS) is 13.7. The molecule has 0 aliphatic carbocycles. The van der Waals surface area contributed by atoms with Crippen LogP contribution in [0.2, 0.25) is 5.02 Å². The molecule has 0 heterocycles. The van der Waals surface area contributed by atoms with Gasteiger partial charge in [0.1, 0.15) is 11.6 Å². The summed E-state index contributed by atoms with van der Waals surface area (Å²) < 4.78 is 11.6. The number of esters is 1. The summed E-state index contributed by atoms with van der Waals surface area (Å²) in [5.41, 5.74) is 7.74. The molecule has 3 rings (SSSR count). The lowest BCUT2D eigenvalue weighted by Gasteiger charge is -2.36. The van der Waals surface area contributed by atoms with Crippen molar-refractivity contribution >= 4 is 23.7 Å². The van der Waals surface area contributed by atoms with Gasteiger partial charge in [-0.1, -0.05) is 90.0 Å². The minimum atomic E-state index is -1.29. The van der Waals surface area contributed by atoms with Crippen LogP contribution in [0.5, 0.6) is 0 Å². The second kappa shape index (κ2) is 12.9. The maximum absolute atomic E-state index is 13.5. The van der Waals surface area contributed by atoms with Crippen molar-refractivity contribution in [1.82, 2.24) is 5.32 Å². The van der Waals surface area contributed by atoms with Gasteiger partial charge in [0, 0.05) is 28.3 Å². The molecule has 1 amide bonds. The van der Waals surface area contributed by atoms with Crippen LogP contribution in [0.25, 0.3) is 0 Å². The van der Waals surface area contributed by atoms with E-state index in [0.29, 0.717) is 36.4 Å². The summed E-state index contributed by atoms with van der Waals surface area (Å²) in [6, 6.07) is 23.9. The van der Waals surface area contributed by atoms with Gasteiger partial charge in [0.2, 0.25) is 0 Å². The molecule has 3 aromatic carbocycles. The number of nitrogens with two attached hydrogens (primary N) is 1. The van der Waals surface area contributed by atoms with Crippen molar-refractivity contribution in [1.29, 1.82) is 0 Å². The van der Waals surface area contributed by atoms with E-state index < -0.39 is 29.3 Å². The van der Waals surface area contributed by atoms with Crippen LogP contribution >= 0.6 is 11.6 Å². The van der Waals surface area contributed by atoms with Gasteiger partial charge in [-0.3, -0.25) is 4.79 Å². The Bertz CT molecular complexity index is 1210. The van der Waals surface area contributed by atoms with Crippen LogP contribution in [0.15, 0.2) is 78.9 Å². The van der Waals surface area contributed by atoms with Crippen molar-refractivity contribution in [3.63, 3.8) is 0 Å². The fourth-order valence-electron chi connectivity index (χ4n) is 4.20. The van der Waals surface area contributed by atoms with Gasteiger partial charge in [-0.15, -0.1) is 0 Å². The molecule has 0 radical (unpaired) electrons. The van der Waals surface area contributed by atoms with Crippen molar-refractivity contribution in [2.45, 2.75) is 64.2 Å². The number of carbonyl (C=O) groups excluding carboxylic acids is 2. The number of benzene rings is 3. The second-order valence-corrected chi connectivity index (χ2v) is 10.8. The van der Waals surface area contributed by atoms with Crippen molar-refractivity contribution < 1.29 is 19.1 Å². The topological polar surface area (TPSA) is 90.6 Å². The number of ether oxygens (including phenoxy) is 2. The molecule has 3 aromatic rings. The lowest BCUT2D eigenvalue weighted by atomic mass is 9.79. The van der Waals surface area contributed by atoms with E-state index >= 15 is 0 Å². The highest BCUT2D eigenvalue weighted by atomic mass is 35.5. The molecule has 0 bridgehead atoms. The average molecular weight is 537 g/mol. The number of nitrogens with one attached hydrogen (secondary N) is 1. The van der Waals surface area contributed by atoms with Gasteiger partial charge in [0.15, 0.2) is 5.60 Å². The molecular weight excluding hydrogens is 500 g/mol. The summed E-state index contributed by atoms with van der Waals surface area (Å²) in [5, 5.41) is 3.20. The molecule has 2 atom stereocenters. The molecule has 6 nitrogen and oxygen atoms in total. The van der Waals surface area contributed by atoms with Gasteiger partial charge >= 0.3 is 12.1 Å². The van der Waals surface area contributed by atoms with Crippen molar-refractivity contribution in [2.24, 2.45) is 5.73 Å². The highest BCUT2D eigenvalue weighted by Crippen LogP contribution is 2.43.